The number of hydrogen-bond acceptors (Lipinski definition) is 1. The zero-order valence-corrected chi connectivity index (χ0v) is 14.3. The van der Waals surface area contributed by atoms with E-state index < -0.39 is 0 Å². The number of fused-ring (bicyclic) bond motifs is 1. The lowest BCUT2D eigenvalue weighted by molar-refractivity contribution is -0.116. The van der Waals surface area contributed by atoms with Crippen molar-refractivity contribution in [2.45, 2.75) is 13.5 Å². The van der Waals surface area contributed by atoms with Crippen LogP contribution in [0.25, 0.3) is 10.9 Å². The number of nitrogens with one attached hydrogen (secondary N) is 1. The number of hydrogen-bond donors (Lipinski definition) is 1. The summed E-state index contributed by atoms with van der Waals surface area (Å²) in [6.45, 7) is 2.19. The molecular weight excluding hydrogens is 364 g/mol. The maximum absolute atomic E-state index is 12.2. The van der Waals surface area contributed by atoms with Gasteiger partial charge in [-0.15, -0.1) is 0 Å². The minimum Gasteiger partial charge on any atom is -0.338 e. The van der Waals surface area contributed by atoms with Crippen molar-refractivity contribution < 1.29 is 4.79 Å². The highest BCUT2D eigenvalue weighted by molar-refractivity contribution is 9.10. The van der Waals surface area contributed by atoms with E-state index in [1.54, 1.807) is 6.07 Å². The van der Waals surface area contributed by atoms with Crippen molar-refractivity contribution in [2.24, 2.45) is 0 Å². The lowest BCUT2D eigenvalue weighted by atomic mass is 10.2. The number of carbonyl (C=O) groups excluding carboxylic acids is 1. The van der Waals surface area contributed by atoms with E-state index in [4.69, 9.17) is 11.6 Å². The standard InChI is InChI=1S/C17H14BrClN2O/c1-11-2-4-14(9-15(11)19)20-17(22)10-21-7-6-12-8-13(18)3-5-16(12)21/h2-9H,10H2,1H3,(H,20,22). The molecule has 3 rings (SSSR count). The van der Waals surface area contributed by atoms with Crippen LogP contribution in [0.15, 0.2) is 53.1 Å². The summed E-state index contributed by atoms with van der Waals surface area (Å²) in [7, 11) is 0. The predicted octanol–water partition coefficient (Wildman–Crippen LogP) is 5.00. The van der Waals surface area contributed by atoms with Crippen LogP contribution in [0.2, 0.25) is 5.02 Å². The fourth-order valence-electron chi connectivity index (χ4n) is 2.33. The summed E-state index contributed by atoms with van der Waals surface area (Å²) in [6, 6.07) is 13.5. The molecule has 0 aliphatic carbocycles. The lowest BCUT2D eigenvalue weighted by Crippen LogP contribution is -2.18. The first-order chi connectivity index (χ1) is 10.5. The van der Waals surface area contributed by atoms with Crippen molar-refractivity contribution in [3.63, 3.8) is 0 Å². The topological polar surface area (TPSA) is 34.0 Å². The average Bonchev–Trinajstić information content (AvgIpc) is 2.85. The van der Waals surface area contributed by atoms with Crippen molar-refractivity contribution >= 4 is 50.0 Å². The number of anilines is 1. The maximum Gasteiger partial charge on any atom is 0.244 e. The Morgan fingerprint density at radius 1 is 1.23 bits per heavy atom. The second-order valence-corrected chi connectivity index (χ2v) is 6.48. The Labute approximate surface area is 142 Å². The zero-order valence-electron chi connectivity index (χ0n) is 11.9. The molecule has 112 valence electrons. The molecule has 3 aromatic rings. The molecule has 0 spiro atoms. The van der Waals surface area contributed by atoms with Gasteiger partial charge in [0.05, 0.1) is 0 Å². The number of aromatic nitrogens is 1. The molecule has 1 heterocycles. The first-order valence-corrected chi connectivity index (χ1v) is 8.00. The molecule has 1 amide bonds. The molecule has 1 aromatic heterocycles. The third-order valence-electron chi connectivity index (χ3n) is 3.50. The third kappa shape index (κ3) is 3.18. The molecule has 3 nitrogen and oxygen atoms in total. The largest absolute Gasteiger partial charge is 0.338 e. The lowest BCUT2D eigenvalue weighted by Gasteiger charge is -2.08. The molecular formula is C17H14BrClN2O. The maximum atomic E-state index is 12.2. The average molecular weight is 378 g/mol. The van der Waals surface area contributed by atoms with Gasteiger partial charge in [-0.2, -0.15) is 0 Å². The summed E-state index contributed by atoms with van der Waals surface area (Å²) < 4.78 is 2.95. The molecule has 0 aliphatic rings. The fourth-order valence-corrected chi connectivity index (χ4v) is 2.89. The number of carbonyl (C=O) groups is 1. The van der Waals surface area contributed by atoms with Crippen molar-refractivity contribution in [3.05, 3.63) is 63.7 Å². The summed E-state index contributed by atoms with van der Waals surface area (Å²) in [5, 5.41) is 4.62. The fraction of sp³-hybridized carbons (Fsp3) is 0.118. The van der Waals surface area contributed by atoms with E-state index in [9.17, 15) is 4.79 Å². The van der Waals surface area contributed by atoms with E-state index >= 15 is 0 Å². The van der Waals surface area contributed by atoms with Crippen LogP contribution in [-0.2, 0) is 11.3 Å². The van der Waals surface area contributed by atoms with E-state index in [2.05, 4.69) is 21.2 Å². The highest BCUT2D eigenvalue weighted by atomic mass is 79.9. The van der Waals surface area contributed by atoms with Gasteiger partial charge < -0.3 is 9.88 Å². The van der Waals surface area contributed by atoms with E-state index in [0.717, 1.165) is 20.9 Å². The van der Waals surface area contributed by atoms with Gasteiger partial charge in [0.15, 0.2) is 0 Å². The number of rotatable bonds is 3. The van der Waals surface area contributed by atoms with Crippen LogP contribution in [0.3, 0.4) is 0 Å². The van der Waals surface area contributed by atoms with Gasteiger partial charge in [-0.05, 0) is 48.9 Å². The summed E-state index contributed by atoms with van der Waals surface area (Å²) in [6.07, 6.45) is 1.92. The minimum absolute atomic E-state index is 0.0830. The van der Waals surface area contributed by atoms with E-state index in [1.165, 1.54) is 0 Å². The number of halogens is 2. The van der Waals surface area contributed by atoms with Crippen molar-refractivity contribution in [3.8, 4) is 0 Å². The summed E-state index contributed by atoms with van der Waals surface area (Å²) in [5.74, 6) is -0.0830. The molecule has 22 heavy (non-hydrogen) atoms. The monoisotopic (exact) mass is 376 g/mol. The smallest absolute Gasteiger partial charge is 0.244 e. The molecule has 0 saturated carbocycles. The minimum atomic E-state index is -0.0830. The van der Waals surface area contributed by atoms with Crippen LogP contribution in [0, 0.1) is 6.92 Å². The van der Waals surface area contributed by atoms with Gasteiger partial charge in [-0.1, -0.05) is 33.6 Å². The summed E-state index contributed by atoms with van der Waals surface area (Å²) in [4.78, 5) is 12.2. The molecule has 0 bridgehead atoms. The molecule has 0 radical (unpaired) electrons. The molecule has 0 saturated heterocycles. The number of aryl methyl sites for hydroxylation is 1. The molecule has 1 N–H and O–H groups in total. The van der Waals surface area contributed by atoms with Gasteiger partial charge in [0, 0.05) is 32.3 Å². The van der Waals surface area contributed by atoms with E-state index in [0.29, 0.717) is 10.7 Å². The number of benzene rings is 2. The van der Waals surface area contributed by atoms with Gasteiger partial charge >= 0.3 is 0 Å². The highest BCUT2D eigenvalue weighted by Crippen LogP contribution is 2.22. The van der Waals surface area contributed by atoms with E-state index in [1.807, 2.05) is 54.1 Å². The van der Waals surface area contributed by atoms with Crippen LogP contribution < -0.4 is 5.32 Å². The second kappa shape index (κ2) is 6.15. The third-order valence-corrected chi connectivity index (χ3v) is 4.40. The van der Waals surface area contributed by atoms with Crippen molar-refractivity contribution in [1.82, 2.24) is 4.57 Å². The molecule has 2 aromatic carbocycles. The van der Waals surface area contributed by atoms with Crippen molar-refractivity contribution in [1.29, 1.82) is 0 Å². The van der Waals surface area contributed by atoms with Gasteiger partial charge in [0.2, 0.25) is 5.91 Å². The SMILES string of the molecule is Cc1ccc(NC(=O)Cn2ccc3cc(Br)ccc32)cc1Cl. The number of amides is 1. The van der Waals surface area contributed by atoms with Crippen molar-refractivity contribution in [2.75, 3.05) is 5.32 Å². The van der Waals surface area contributed by atoms with Gasteiger partial charge in [0.1, 0.15) is 6.54 Å². The van der Waals surface area contributed by atoms with Crippen LogP contribution in [0.5, 0.6) is 0 Å². The highest BCUT2D eigenvalue weighted by Gasteiger charge is 2.08. The first kappa shape index (κ1) is 15.1. The summed E-state index contributed by atoms with van der Waals surface area (Å²) >= 11 is 9.52. The Morgan fingerprint density at radius 3 is 2.82 bits per heavy atom. The van der Waals surface area contributed by atoms with E-state index in [-0.39, 0.29) is 12.5 Å². The van der Waals surface area contributed by atoms with Crippen LogP contribution in [0.4, 0.5) is 5.69 Å². The normalized spacial score (nSPS) is 10.9. The van der Waals surface area contributed by atoms with Gasteiger partial charge in [-0.25, -0.2) is 0 Å². The molecule has 0 unspecified atom stereocenters. The van der Waals surface area contributed by atoms with Gasteiger partial charge in [0.25, 0.3) is 0 Å². The Bertz CT molecular complexity index is 857. The van der Waals surface area contributed by atoms with Gasteiger partial charge in [-0.3, -0.25) is 4.79 Å². The molecule has 0 aliphatic heterocycles. The molecule has 0 atom stereocenters. The summed E-state index contributed by atoms with van der Waals surface area (Å²) in [5.41, 5.74) is 2.72. The quantitative estimate of drug-likeness (QED) is 0.684. The molecule has 5 heteroatoms. The molecule has 0 fully saturated rings. The Morgan fingerprint density at radius 2 is 2.05 bits per heavy atom. The van der Waals surface area contributed by atoms with Crippen LogP contribution in [0.1, 0.15) is 5.56 Å². The zero-order chi connectivity index (χ0) is 15.7. The Balaban J connectivity index is 1.76. The Hall–Kier alpha value is -1.78. The van der Waals surface area contributed by atoms with Crippen LogP contribution >= 0.6 is 27.5 Å². The second-order valence-electron chi connectivity index (χ2n) is 5.16. The predicted molar refractivity (Wildman–Crippen MR) is 94.5 cm³/mol. The first-order valence-electron chi connectivity index (χ1n) is 6.83. The number of nitrogens with zero attached hydrogens (tertiary/aromatic N) is 1. The van der Waals surface area contributed by atoms with Crippen LogP contribution in [-0.4, -0.2) is 10.5 Å². The Kier molecular flexibility index (Phi) is 4.23.